The van der Waals surface area contributed by atoms with Crippen molar-refractivity contribution < 1.29 is 0 Å². The molecular weight excluding hydrogens is 246 g/mol. The predicted molar refractivity (Wildman–Crippen MR) is 86.9 cm³/mol. The van der Waals surface area contributed by atoms with Crippen molar-refractivity contribution in [1.29, 1.82) is 0 Å². The lowest BCUT2D eigenvalue weighted by Crippen LogP contribution is -2.58. The Morgan fingerprint density at radius 3 is 2.70 bits per heavy atom. The standard InChI is InChI=1S/C17H35N3/c1-15-13-20-11-5-4-7-16(20)14-19(15)12-6-8-17(2,3)9-10-18/h15-16H,4-14,18H2,1-3H3. The van der Waals surface area contributed by atoms with Crippen molar-refractivity contribution in [3.05, 3.63) is 0 Å². The average molecular weight is 281 g/mol. The summed E-state index contributed by atoms with van der Waals surface area (Å²) in [7, 11) is 0. The Morgan fingerprint density at radius 2 is 1.95 bits per heavy atom. The van der Waals surface area contributed by atoms with E-state index in [4.69, 9.17) is 5.73 Å². The van der Waals surface area contributed by atoms with E-state index in [1.165, 1.54) is 58.3 Å². The first-order valence-corrected chi connectivity index (χ1v) is 8.70. The third-order valence-electron chi connectivity index (χ3n) is 5.44. The summed E-state index contributed by atoms with van der Waals surface area (Å²) < 4.78 is 0. The Morgan fingerprint density at radius 1 is 1.15 bits per heavy atom. The zero-order valence-electron chi connectivity index (χ0n) is 13.9. The number of rotatable bonds is 6. The Balaban J connectivity index is 1.75. The largest absolute Gasteiger partial charge is 0.330 e. The van der Waals surface area contributed by atoms with E-state index in [1.54, 1.807) is 0 Å². The second-order valence-electron chi connectivity index (χ2n) is 7.79. The molecule has 2 N–H and O–H groups in total. The monoisotopic (exact) mass is 281 g/mol. The lowest BCUT2D eigenvalue weighted by molar-refractivity contribution is 0.0134. The van der Waals surface area contributed by atoms with Gasteiger partial charge in [0.15, 0.2) is 0 Å². The minimum absolute atomic E-state index is 0.421. The van der Waals surface area contributed by atoms with Crippen molar-refractivity contribution in [2.75, 3.05) is 32.7 Å². The number of nitrogens with zero attached hydrogens (tertiary/aromatic N) is 2. The second-order valence-corrected chi connectivity index (χ2v) is 7.79. The van der Waals surface area contributed by atoms with Crippen LogP contribution in [0.2, 0.25) is 0 Å². The van der Waals surface area contributed by atoms with Crippen LogP contribution in [0.15, 0.2) is 0 Å². The summed E-state index contributed by atoms with van der Waals surface area (Å²) in [6, 6.07) is 1.58. The zero-order chi connectivity index (χ0) is 14.6. The summed E-state index contributed by atoms with van der Waals surface area (Å²) in [5.41, 5.74) is 6.13. The molecule has 3 nitrogen and oxygen atoms in total. The maximum Gasteiger partial charge on any atom is 0.0223 e. The van der Waals surface area contributed by atoms with Crippen LogP contribution in [-0.4, -0.2) is 54.6 Å². The van der Waals surface area contributed by atoms with E-state index in [1.807, 2.05) is 0 Å². The molecule has 2 atom stereocenters. The molecule has 0 radical (unpaired) electrons. The molecule has 2 heterocycles. The second kappa shape index (κ2) is 7.24. The first kappa shape index (κ1) is 16.3. The van der Waals surface area contributed by atoms with Gasteiger partial charge in [0.1, 0.15) is 0 Å². The molecule has 0 bridgehead atoms. The van der Waals surface area contributed by atoms with Crippen molar-refractivity contribution in [2.24, 2.45) is 11.1 Å². The van der Waals surface area contributed by atoms with E-state index >= 15 is 0 Å². The Hall–Kier alpha value is -0.120. The van der Waals surface area contributed by atoms with Gasteiger partial charge in [0.05, 0.1) is 0 Å². The molecule has 3 heteroatoms. The molecule has 2 unspecified atom stereocenters. The molecule has 0 aromatic heterocycles. The Kier molecular flexibility index (Phi) is 5.88. The molecule has 2 aliphatic rings. The highest BCUT2D eigenvalue weighted by Gasteiger charge is 2.32. The van der Waals surface area contributed by atoms with E-state index in [0.29, 0.717) is 5.41 Å². The van der Waals surface area contributed by atoms with Gasteiger partial charge in [-0.1, -0.05) is 20.3 Å². The number of fused-ring (bicyclic) bond motifs is 1. The highest BCUT2D eigenvalue weighted by atomic mass is 15.3. The van der Waals surface area contributed by atoms with Crippen LogP contribution in [0.3, 0.4) is 0 Å². The molecule has 0 saturated carbocycles. The summed E-state index contributed by atoms with van der Waals surface area (Å²) in [6.45, 7) is 13.2. The van der Waals surface area contributed by atoms with Crippen molar-refractivity contribution in [3.8, 4) is 0 Å². The highest BCUT2D eigenvalue weighted by molar-refractivity contribution is 4.89. The van der Waals surface area contributed by atoms with E-state index in [0.717, 1.165) is 25.0 Å². The van der Waals surface area contributed by atoms with Gasteiger partial charge in [-0.3, -0.25) is 9.80 Å². The van der Waals surface area contributed by atoms with Crippen LogP contribution in [0.25, 0.3) is 0 Å². The van der Waals surface area contributed by atoms with Crippen molar-refractivity contribution in [2.45, 2.75) is 71.4 Å². The average Bonchev–Trinajstić information content (AvgIpc) is 2.39. The molecule has 2 fully saturated rings. The lowest BCUT2D eigenvalue weighted by atomic mass is 9.84. The number of nitrogens with two attached hydrogens (primary N) is 1. The fraction of sp³-hybridized carbons (Fsp3) is 1.00. The summed E-state index contributed by atoms with van der Waals surface area (Å²) in [4.78, 5) is 5.48. The fourth-order valence-corrected chi connectivity index (χ4v) is 4.00. The van der Waals surface area contributed by atoms with Crippen LogP contribution in [0, 0.1) is 5.41 Å². The first-order valence-electron chi connectivity index (χ1n) is 8.70. The van der Waals surface area contributed by atoms with E-state index < -0.39 is 0 Å². The van der Waals surface area contributed by atoms with Crippen LogP contribution in [0.1, 0.15) is 59.3 Å². The van der Waals surface area contributed by atoms with Gasteiger partial charge in [0, 0.05) is 25.2 Å². The van der Waals surface area contributed by atoms with E-state index in [-0.39, 0.29) is 0 Å². The SMILES string of the molecule is CC1CN2CCCCC2CN1CCCC(C)(C)CCN. The molecule has 2 saturated heterocycles. The van der Waals surface area contributed by atoms with Crippen LogP contribution in [0.4, 0.5) is 0 Å². The Bertz CT molecular complexity index is 290. The van der Waals surface area contributed by atoms with Gasteiger partial charge < -0.3 is 5.73 Å². The topological polar surface area (TPSA) is 32.5 Å². The third kappa shape index (κ3) is 4.44. The molecular formula is C17H35N3. The quantitative estimate of drug-likeness (QED) is 0.812. The summed E-state index contributed by atoms with van der Waals surface area (Å²) in [5.74, 6) is 0. The van der Waals surface area contributed by atoms with Crippen LogP contribution < -0.4 is 5.73 Å². The van der Waals surface area contributed by atoms with E-state index in [2.05, 4.69) is 30.6 Å². The summed E-state index contributed by atoms with van der Waals surface area (Å²) in [5, 5.41) is 0. The van der Waals surface area contributed by atoms with Crippen LogP contribution in [0.5, 0.6) is 0 Å². The van der Waals surface area contributed by atoms with Gasteiger partial charge in [-0.25, -0.2) is 0 Å². The molecule has 0 aromatic rings. The maximum absolute atomic E-state index is 5.71. The smallest absolute Gasteiger partial charge is 0.0223 e. The normalized spacial score (nSPS) is 29.4. The molecule has 0 spiro atoms. The predicted octanol–water partition coefficient (Wildman–Crippen LogP) is 2.70. The minimum Gasteiger partial charge on any atom is -0.330 e. The van der Waals surface area contributed by atoms with Gasteiger partial charge in [0.2, 0.25) is 0 Å². The number of piperidine rings is 1. The molecule has 0 aromatic carbocycles. The van der Waals surface area contributed by atoms with Gasteiger partial charge in [-0.2, -0.15) is 0 Å². The molecule has 0 amide bonds. The Labute approximate surface area is 125 Å². The van der Waals surface area contributed by atoms with Gasteiger partial charge >= 0.3 is 0 Å². The minimum atomic E-state index is 0.421. The number of piperazine rings is 1. The fourth-order valence-electron chi connectivity index (χ4n) is 4.00. The third-order valence-corrected chi connectivity index (χ3v) is 5.44. The molecule has 0 aliphatic carbocycles. The maximum atomic E-state index is 5.71. The van der Waals surface area contributed by atoms with Crippen molar-refractivity contribution in [3.63, 3.8) is 0 Å². The summed E-state index contributed by atoms with van der Waals surface area (Å²) >= 11 is 0. The molecule has 118 valence electrons. The number of hydrogen-bond acceptors (Lipinski definition) is 3. The summed E-state index contributed by atoms with van der Waals surface area (Å²) in [6.07, 6.45) is 8.05. The molecule has 2 aliphatic heterocycles. The molecule has 2 rings (SSSR count). The van der Waals surface area contributed by atoms with Crippen molar-refractivity contribution in [1.82, 2.24) is 9.80 Å². The zero-order valence-corrected chi connectivity index (χ0v) is 13.9. The van der Waals surface area contributed by atoms with Gasteiger partial charge in [-0.15, -0.1) is 0 Å². The highest BCUT2D eigenvalue weighted by Crippen LogP contribution is 2.28. The lowest BCUT2D eigenvalue weighted by Gasteiger charge is -2.47. The van der Waals surface area contributed by atoms with Crippen LogP contribution >= 0.6 is 0 Å². The van der Waals surface area contributed by atoms with Crippen LogP contribution in [-0.2, 0) is 0 Å². The first-order chi connectivity index (χ1) is 9.52. The molecule has 20 heavy (non-hydrogen) atoms. The van der Waals surface area contributed by atoms with Crippen molar-refractivity contribution >= 4 is 0 Å². The van der Waals surface area contributed by atoms with Gasteiger partial charge in [-0.05, 0) is 64.1 Å². The van der Waals surface area contributed by atoms with Gasteiger partial charge in [0.25, 0.3) is 0 Å². The van der Waals surface area contributed by atoms with E-state index in [9.17, 15) is 0 Å². The number of hydrogen-bond donors (Lipinski definition) is 1.